The molecule has 2 nitrogen and oxygen atoms in total. The first kappa shape index (κ1) is 51.4. The topological polar surface area (TPSA) is 6.48 Å². The molecule has 0 aromatic rings. The summed E-state index contributed by atoms with van der Waals surface area (Å²) in [4.78, 5) is 5.65. The average molecular weight is 729 g/mol. The molecule has 0 radical (unpaired) electrons. The highest BCUT2D eigenvalue weighted by Gasteiger charge is 2.12. The van der Waals surface area contributed by atoms with Crippen molar-refractivity contribution < 1.29 is 0 Å². The molecule has 0 heterocycles. The van der Waals surface area contributed by atoms with Gasteiger partial charge in [-0.15, -0.1) is 0 Å². The summed E-state index contributed by atoms with van der Waals surface area (Å²) in [5, 5.41) is 0. The Balaban J connectivity index is 4.08. The predicted molar refractivity (Wildman–Crippen MR) is 240 cm³/mol. The Morgan fingerprint density at radius 3 is 0.808 bits per heavy atom. The molecule has 2 atom stereocenters. The summed E-state index contributed by atoms with van der Waals surface area (Å²) in [5.41, 5.74) is 0. The van der Waals surface area contributed by atoms with Crippen LogP contribution in [0, 0.1) is 11.8 Å². The maximum Gasteiger partial charge on any atom is 0.000692 e. The van der Waals surface area contributed by atoms with Crippen molar-refractivity contribution in [3.63, 3.8) is 0 Å². The Kier molecular flexibility index (Phi) is 42.6. The first-order valence-electron chi connectivity index (χ1n) is 24.3. The number of hydrogen-bond acceptors (Lipinski definition) is 2. The normalized spacial score (nSPS) is 13.5. The molecule has 0 saturated carbocycles. The van der Waals surface area contributed by atoms with Gasteiger partial charge >= 0.3 is 0 Å². The molecule has 0 aliphatic heterocycles. The van der Waals surface area contributed by atoms with E-state index in [1.54, 1.807) is 0 Å². The van der Waals surface area contributed by atoms with Gasteiger partial charge in [0.15, 0.2) is 0 Å². The molecule has 0 fully saturated rings. The van der Waals surface area contributed by atoms with Gasteiger partial charge in [0, 0.05) is 13.1 Å². The van der Waals surface area contributed by atoms with E-state index in [9.17, 15) is 0 Å². The average Bonchev–Trinajstić information content (AvgIpc) is 3.15. The molecule has 0 aliphatic carbocycles. The van der Waals surface area contributed by atoms with Crippen LogP contribution in [0.5, 0.6) is 0 Å². The molecule has 0 bridgehead atoms. The lowest BCUT2D eigenvalue weighted by atomic mass is 10.1. The maximum absolute atomic E-state index is 2.83. The van der Waals surface area contributed by atoms with E-state index in [1.165, 1.54) is 245 Å². The Morgan fingerprint density at radius 2 is 0.538 bits per heavy atom. The number of hydrogen-bond donors (Lipinski definition) is 0. The van der Waals surface area contributed by atoms with Crippen LogP contribution in [0.3, 0.4) is 0 Å². The highest BCUT2D eigenvalue weighted by atomic mass is 15.1. The van der Waals surface area contributed by atoms with Gasteiger partial charge in [0.1, 0.15) is 0 Å². The Bertz CT molecular complexity index is 653. The highest BCUT2D eigenvalue weighted by Crippen LogP contribution is 2.15. The van der Waals surface area contributed by atoms with Gasteiger partial charge in [0.2, 0.25) is 0 Å². The molecule has 310 valence electrons. The summed E-state index contributed by atoms with van der Waals surface area (Å²) < 4.78 is 0. The first-order chi connectivity index (χ1) is 25.6. The van der Waals surface area contributed by atoms with Crippen LogP contribution in [0.4, 0.5) is 0 Å². The second-order valence-electron chi connectivity index (χ2n) is 17.2. The van der Waals surface area contributed by atoms with Gasteiger partial charge in [-0.3, -0.25) is 0 Å². The molecule has 0 N–H and O–H groups in total. The van der Waals surface area contributed by atoms with E-state index < -0.39 is 0 Å². The minimum atomic E-state index is 0.822. The van der Waals surface area contributed by atoms with Crippen molar-refractivity contribution in [3.8, 4) is 0 Å². The molecule has 52 heavy (non-hydrogen) atoms. The fourth-order valence-electron chi connectivity index (χ4n) is 7.57. The molecule has 0 aliphatic rings. The van der Waals surface area contributed by atoms with Crippen molar-refractivity contribution in [3.05, 3.63) is 24.3 Å². The second kappa shape index (κ2) is 43.1. The van der Waals surface area contributed by atoms with Gasteiger partial charge in [0.05, 0.1) is 0 Å². The minimum absolute atomic E-state index is 0.822. The van der Waals surface area contributed by atoms with Gasteiger partial charge < -0.3 is 9.80 Å². The minimum Gasteiger partial charge on any atom is -0.303 e. The van der Waals surface area contributed by atoms with Crippen molar-refractivity contribution in [2.75, 3.05) is 39.3 Å². The van der Waals surface area contributed by atoms with E-state index in [1.807, 2.05) is 0 Å². The third-order valence-electron chi connectivity index (χ3n) is 11.7. The fraction of sp³-hybridized carbons (Fsp3) is 0.920. The zero-order chi connectivity index (χ0) is 38.0. The van der Waals surface area contributed by atoms with E-state index in [4.69, 9.17) is 0 Å². The number of rotatable bonds is 43. The van der Waals surface area contributed by atoms with Crippen LogP contribution in [-0.4, -0.2) is 49.1 Å². The van der Waals surface area contributed by atoms with Gasteiger partial charge in [-0.1, -0.05) is 194 Å². The molecule has 2 unspecified atom stereocenters. The first-order valence-corrected chi connectivity index (χ1v) is 24.3. The van der Waals surface area contributed by atoms with E-state index in [-0.39, 0.29) is 0 Å². The summed E-state index contributed by atoms with van der Waals surface area (Å²) in [5.74, 6) is 1.64. The van der Waals surface area contributed by atoms with E-state index in [0.717, 1.165) is 11.8 Å². The van der Waals surface area contributed by atoms with Crippen molar-refractivity contribution in [1.29, 1.82) is 0 Å². The summed E-state index contributed by atoms with van der Waals surface area (Å²) in [6.45, 7) is 22.1. The van der Waals surface area contributed by atoms with Gasteiger partial charge in [-0.25, -0.2) is 0 Å². The van der Waals surface area contributed by atoms with Gasteiger partial charge in [-0.05, 0) is 115 Å². The van der Waals surface area contributed by atoms with Crippen LogP contribution in [0.25, 0.3) is 0 Å². The van der Waals surface area contributed by atoms with Crippen LogP contribution in [0.1, 0.15) is 247 Å². The molecular weight excluding hydrogens is 629 g/mol. The van der Waals surface area contributed by atoms with E-state index >= 15 is 0 Å². The van der Waals surface area contributed by atoms with Gasteiger partial charge in [-0.2, -0.15) is 0 Å². The van der Waals surface area contributed by atoms with Crippen molar-refractivity contribution in [2.45, 2.75) is 247 Å². The zero-order valence-corrected chi connectivity index (χ0v) is 37.2. The SMILES string of the molecule is CCCCCCCCC=CCCCCCCCCN(CCCCN(CCCCCCCC/C=C\CCCCCCCC)CC(C)CC)CC(C)CC. The Hall–Kier alpha value is -0.600. The summed E-state index contributed by atoms with van der Waals surface area (Å²) >= 11 is 0. The molecule has 2 heteroatoms. The Labute approximate surface area is 331 Å². The highest BCUT2D eigenvalue weighted by molar-refractivity contribution is 4.82. The lowest BCUT2D eigenvalue weighted by Crippen LogP contribution is -2.33. The van der Waals surface area contributed by atoms with E-state index in [2.05, 4.69) is 75.6 Å². The van der Waals surface area contributed by atoms with Gasteiger partial charge in [0.25, 0.3) is 0 Å². The molecule has 0 amide bonds. The summed E-state index contributed by atoms with van der Waals surface area (Å²) in [7, 11) is 0. The lowest BCUT2D eigenvalue weighted by molar-refractivity contribution is 0.203. The molecule has 0 aromatic heterocycles. The maximum atomic E-state index is 2.83. The second-order valence-corrected chi connectivity index (χ2v) is 17.2. The zero-order valence-electron chi connectivity index (χ0n) is 37.2. The molecule has 0 spiro atoms. The van der Waals surface area contributed by atoms with Crippen molar-refractivity contribution >= 4 is 0 Å². The summed E-state index contributed by atoms with van der Waals surface area (Å²) in [6.07, 6.45) is 54.3. The van der Waals surface area contributed by atoms with Crippen molar-refractivity contribution in [1.82, 2.24) is 9.80 Å². The molecular formula is C50H100N2. The van der Waals surface area contributed by atoms with Crippen LogP contribution in [0.15, 0.2) is 24.3 Å². The van der Waals surface area contributed by atoms with Crippen LogP contribution in [0.2, 0.25) is 0 Å². The lowest BCUT2D eigenvalue weighted by Gasteiger charge is -2.27. The quantitative estimate of drug-likeness (QED) is 0.0456. The third kappa shape index (κ3) is 39.1. The van der Waals surface area contributed by atoms with Crippen LogP contribution in [-0.2, 0) is 0 Å². The summed E-state index contributed by atoms with van der Waals surface area (Å²) in [6, 6.07) is 0. The number of allylic oxidation sites excluding steroid dienone is 4. The molecule has 0 aromatic carbocycles. The molecule has 0 rings (SSSR count). The Morgan fingerprint density at radius 1 is 0.308 bits per heavy atom. The molecule has 0 saturated heterocycles. The third-order valence-corrected chi connectivity index (χ3v) is 11.7. The van der Waals surface area contributed by atoms with Crippen LogP contribution < -0.4 is 0 Å². The standard InChI is InChI=1S/C50H100N2/c1-7-11-13-15-17-19-21-23-25-27-29-31-33-35-37-39-43-51(47-49(5)9-3)45-41-42-46-52(48-50(6)10-4)44-40-38-36-34-32-30-28-26-24-22-20-18-16-14-12-8-2/h23-26,49-50H,7-22,27-48H2,1-6H3/b25-23-,26-24?. The largest absolute Gasteiger partial charge is 0.303 e. The fourth-order valence-corrected chi connectivity index (χ4v) is 7.57. The number of unbranched alkanes of at least 4 members (excludes halogenated alkanes) is 25. The smallest absolute Gasteiger partial charge is 0.000692 e. The van der Waals surface area contributed by atoms with E-state index in [0.29, 0.717) is 0 Å². The monoisotopic (exact) mass is 729 g/mol. The number of nitrogens with zero attached hydrogens (tertiary/aromatic N) is 2. The predicted octanol–water partition coefficient (Wildman–Crippen LogP) is 16.5. The van der Waals surface area contributed by atoms with Crippen molar-refractivity contribution in [2.24, 2.45) is 11.8 Å². The van der Waals surface area contributed by atoms with Crippen LogP contribution >= 0.6 is 0 Å².